The average molecular weight is 384 g/mol. The van der Waals surface area contributed by atoms with Crippen LogP contribution < -0.4 is 16.0 Å². The highest BCUT2D eigenvalue weighted by Crippen LogP contribution is 2.28. The largest absolute Gasteiger partial charge is 0.495 e. The Labute approximate surface area is 147 Å². The molecule has 1 aromatic carbocycles. The van der Waals surface area contributed by atoms with Crippen LogP contribution in [-0.4, -0.2) is 25.8 Å². The number of halogens is 4. The maximum Gasteiger partial charge on any atom is 0.431 e. The molecule has 0 aliphatic rings. The zero-order valence-electron chi connectivity index (χ0n) is 13.9. The van der Waals surface area contributed by atoms with E-state index in [4.69, 9.17) is 4.74 Å². The molecule has 136 valence electrons. The van der Waals surface area contributed by atoms with Gasteiger partial charge >= 0.3 is 11.9 Å². The summed E-state index contributed by atoms with van der Waals surface area (Å²) in [5.41, 5.74) is -1.58. The maximum atomic E-state index is 14.2. The van der Waals surface area contributed by atoms with Gasteiger partial charge in [-0.15, -0.1) is 5.54 Å². The molecule has 0 saturated heterocycles. The molecule has 0 aliphatic heterocycles. The van der Waals surface area contributed by atoms with Gasteiger partial charge in [-0.2, -0.15) is 13.2 Å². The van der Waals surface area contributed by atoms with Crippen molar-refractivity contribution in [3.63, 3.8) is 0 Å². The van der Waals surface area contributed by atoms with Crippen LogP contribution in [0.5, 0.6) is 5.75 Å². The molecule has 2 radical (unpaired) electrons. The van der Waals surface area contributed by atoms with E-state index >= 15 is 0 Å². The SMILES string of the molecule is COc1cc(C#C[Si]C)c(F)cc1-n1c(=O)cc(C(F)(F)F)n(C)c1=O. The van der Waals surface area contributed by atoms with Gasteiger partial charge in [0.15, 0.2) is 0 Å². The van der Waals surface area contributed by atoms with E-state index in [0.29, 0.717) is 4.57 Å². The Balaban J connectivity index is 2.81. The summed E-state index contributed by atoms with van der Waals surface area (Å²) in [6.07, 6.45) is -4.89. The molecule has 2 aromatic rings. The number of ether oxygens (including phenoxy) is 1. The zero-order chi connectivity index (χ0) is 19.6. The predicted molar refractivity (Wildman–Crippen MR) is 87.3 cm³/mol. The van der Waals surface area contributed by atoms with E-state index in [1.165, 1.54) is 13.2 Å². The molecule has 5 nitrogen and oxygen atoms in total. The van der Waals surface area contributed by atoms with E-state index in [0.717, 1.165) is 13.1 Å². The number of aromatic nitrogens is 2. The van der Waals surface area contributed by atoms with Crippen LogP contribution in [0.25, 0.3) is 5.69 Å². The van der Waals surface area contributed by atoms with E-state index in [2.05, 4.69) is 11.5 Å². The van der Waals surface area contributed by atoms with Gasteiger partial charge in [-0.05, 0) is 0 Å². The van der Waals surface area contributed by atoms with Crippen LogP contribution in [0.3, 0.4) is 0 Å². The Bertz CT molecular complexity index is 1030. The molecule has 0 unspecified atom stereocenters. The molecular formula is C16H12F4N2O3Si. The van der Waals surface area contributed by atoms with E-state index in [1.54, 1.807) is 6.55 Å². The maximum absolute atomic E-state index is 14.2. The summed E-state index contributed by atoms with van der Waals surface area (Å²) in [5.74, 6) is 1.67. The fourth-order valence-corrected chi connectivity index (χ4v) is 2.49. The van der Waals surface area contributed by atoms with Crippen molar-refractivity contribution >= 4 is 9.52 Å². The predicted octanol–water partition coefficient (Wildman–Crippen LogP) is 1.76. The number of methoxy groups -OCH3 is 1. The van der Waals surface area contributed by atoms with Crippen molar-refractivity contribution < 1.29 is 22.3 Å². The molecule has 1 aromatic heterocycles. The van der Waals surface area contributed by atoms with Crippen molar-refractivity contribution in [2.45, 2.75) is 12.7 Å². The second kappa shape index (κ2) is 7.21. The van der Waals surface area contributed by atoms with Gasteiger partial charge in [0.25, 0.3) is 5.56 Å². The number of rotatable bonds is 2. The van der Waals surface area contributed by atoms with E-state index in [-0.39, 0.29) is 37.2 Å². The van der Waals surface area contributed by atoms with Gasteiger partial charge in [-0.1, -0.05) is 12.5 Å². The molecule has 0 saturated carbocycles. The molecule has 0 aliphatic carbocycles. The molecule has 0 N–H and O–H groups in total. The number of benzene rings is 1. The van der Waals surface area contributed by atoms with Gasteiger partial charge in [0, 0.05) is 25.2 Å². The first-order chi connectivity index (χ1) is 12.1. The Kier molecular flexibility index (Phi) is 5.41. The van der Waals surface area contributed by atoms with Crippen LogP contribution >= 0.6 is 0 Å². The zero-order valence-corrected chi connectivity index (χ0v) is 14.9. The minimum Gasteiger partial charge on any atom is -0.495 e. The van der Waals surface area contributed by atoms with Crippen molar-refractivity contribution in [2.24, 2.45) is 7.05 Å². The smallest absolute Gasteiger partial charge is 0.431 e. The van der Waals surface area contributed by atoms with Gasteiger partial charge in [0.05, 0.1) is 18.4 Å². The summed E-state index contributed by atoms with van der Waals surface area (Å²) in [4.78, 5) is 24.5. The highest BCUT2D eigenvalue weighted by molar-refractivity contribution is 6.44. The van der Waals surface area contributed by atoms with Crippen molar-refractivity contribution in [3.05, 3.63) is 56.1 Å². The Hall–Kier alpha value is -2.80. The normalized spacial score (nSPS) is 11.0. The van der Waals surface area contributed by atoms with Crippen LogP contribution in [0, 0.1) is 17.3 Å². The highest BCUT2D eigenvalue weighted by Gasteiger charge is 2.35. The van der Waals surface area contributed by atoms with Crippen LogP contribution in [0.1, 0.15) is 11.3 Å². The lowest BCUT2D eigenvalue weighted by molar-refractivity contribution is -0.144. The first kappa shape index (κ1) is 19.5. The van der Waals surface area contributed by atoms with Crippen molar-refractivity contribution in [1.29, 1.82) is 0 Å². The summed E-state index contributed by atoms with van der Waals surface area (Å²) >= 11 is 0. The van der Waals surface area contributed by atoms with E-state index in [1.807, 2.05) is 0 Å². The standard InChI is InChI=1S/C16H12F4N2O3Si/c1-21-13(16(18,19)20)8-14(23)22(15(21)24)11-7-10(17)9(4-5-26-3)6-12(11)25-2/h6-8H,1-3H3. The first-order valence-corrected chi connectivity index (χ1v) is 8.57. The molecule has 10 heteroatoms. The molecule has 0 amide bonds. The third-order valence-electron chi connectivity index (χ3n) is 3.44. The van der Waals surface area contributed by atoms with Crippen molar-refractivity contribution in [1.82, 2.24) is 9.13 Å². The molecule has 26 heavy (non-hydrogen) atoms. The van der Waals surface area contributed by atoms with Crippen LogP contribution in [0.4, 0.5) is 17.6 Å². The fourth-order valence-electron chi connectivity index (χ4n) is 2.23. The summed E-state index contributed by atoms with van der Waals surface area (Å²) in [7, 11) is 2.34. The van der Waals surface area contributed by atoms with Gasteiger partial charge in [0.2, 0.25) is 0 Å². The number of alkyl halides is 3. The van der Waals surface area contributed by atoms with Gasteiger partial charge in [-0.25, -0.2) is 13.8 Å². The fraction of sp³-hybridized carbons (Fsp3) is 0.250. The molecule has 0 fully saturated rings. The lowest BCUT2D eigenvalue weighted by Crippen LogP contribution is -2.40. The number of nitrogens with zero attached hydrogens (tertiary/aromatic N) is 2. The van der Waals surface area contributed by atoms with Gasteiger partial charge < -0.3 is 4.74 Å². The first-order valence-electron chi connectivity index (χ1n) is 7.07. The lowest BCUT2D eigenvalue weighted by Gasteiger charge is -2.16. The van der Waals surface area contributed by atoms with Crippen LogP contribution in [0.15, 0.2) is 27.8 Å². The molecule has 2 rings (SSSR count). The second-order valence-electron chi connectivity index (χ2n) is 5.05. The number of hydrogen-bond acceptors (Lipinski definition) is 3. The average Bonchev–Trinajstić information content (AvgIpc) is 2.56. The van der Waals surface area contributed by atoms with Gasteiger partial charge in [-0.3, -0.25) is 9.36 Å². The second-order valence-corrected chi connectivity index (χ2v) is 5.80. The minimum absolute atomic E-state index is 0.0169. The molecule has 0 atom stereocenters. The number of hydrogen-bond donors (Lipinski definition) is 0. The molecular weight excluding hydrogens is 372 g/mol. The van der Waals surface area contributed by atoms with Crippen molar-refractivity contribution in [3.8, 4) is 22.9 Å². The Morgan fingerprint density at radius 2 is 1.85 bits per heavy atom. The third-order valence-corrected chi connectivity index (χ3v) is 3.82. The third kappa shape index (κ3) is 3.57. The molecule has 0 spiro atoms. The van der Waals surface area contributed by atoms with Gasteiger partial charge in [0.1, 0.15) is 26.8 Å². The van der Waals surface area contributed by atoms with Crippen LogP contribution in [0.2, 0.25) is 6.55 Å². The minimum atomic E-state index is -4.89. The Morgan fingerprint density at radius 3 is 2.38 bits per heavy atom. The summed E-state index contributed by atoms with van der Waals surface area (Å²) in [6.45, 7) is 1.79. The lowest BCUT2D eigenvalue weighted by atomic mass is 10.1. The van der Waals surface area contributed by atoms with E-state index < -0.39 is 28.9 Å². The molecule has 1 heterocycles. The van der Waals surface area contributed by atoms with Crippen LogP contribution in [-0.2, 0) is 13.2 Å². The quantitative estimate of drug-likeness (QED) is 0.451. The summed E-state index contributed by atoms with van der Waals surface area (Å²) in [6, 6.07) is 2.28. The highest BCUT2D eigenvalue weighted by atomic mass is 28.2. The Morgan fingerprint density at radius 1 is 1.19 bits per heavy atom. The van der Waals surface area contributed by atoms with E-state index in [9.17, 15) is 27.2 Å². The molecule has 0 bridgehead atoms. The summed E-state index contributed by atoms with van der Waals surface area (Å²) < 4.78 is 58.7. The topological polar surface area (TPSA) is 53.2 Å². The summed E-state index contributed by atoms with van der Waals surface area (Å²) in [5, 5.41) is 0. The monoisotopic (exact) mass is 384 g/mol. The van der Waals surface area contributed by atoms with Crippen molar-refractivity contribution in [2.75, 3.05) is 7.11 Å².